The first-order chi connectivity index (χ1) is 13.3. The lowest BCUT2D eigenvalue weighted by Crippen LogP contribution is -2.40. The third kappa shape index (κ3) is 7.19. The zero-order valence-electron chi connectivity index (χ0n) is 16.0. The summed E-state index contributed by atoms with van der Waals surface area (Å²) in [7, 11) is 3.38. The number of guanidine groups is 1. The van der Waals surface area contributed by atoms with E-state index in [1.807, 2.05) is 54.6 Å². The van der Waals surface area contributed by atoms with E-state index in [4.69, 9.17) is 9.47 Å². The standard InChI is InChI=1S/C21H29N3O3/c1-22-21(24-15-18(16-25)17-7-4-3-5-8-17)23-13-6-14-27-20-11-9-19(26-2)10-12-20/h3-5,7-12,18,25H,6,13-16H2,1-2H3,(H2,22,23,24). The quantitative estimate of drug-likeness (QED) is 0.340. The number of methoxy groups -OCH3 is 1. The molecule has 0 saturated heterocycles. The van der Waals surface area contributed by atoms with Crippen LogP contribution >= 0.6 is 0 Å². The molecule has 0 fully saturated rings. The van der Waals surface area contributed by atoms with Gasteiger partial charge in [0.1, 0.15) is 11.5 Å². The first kappa shape index (κ1) is 20.6. The van der Waals surface area contributed by atoms with Crippen LogP contribution in [0.1, 0.15) is 17.9 Å². The van der Waals surface area contributed by atoms with Gasteiger partial charge in [0.05, 0.1) is 20.3 Å². The van der Waals surface area contributed by atoms with Gasteiger partial charge in [0.25, 0.3) is 0 Å². The SMILES string of the molecule is CN=C(NCCCOc1ccc(OC)cc1)NCC(CO)c1ccccc1. The summed E-state index contributed by atoms with van der Waals surface area (Å²) < 4.78 is 10.8. The van der Waals surface area contributed by atoms with E-state index in [1.54, 1.807) is 14.2 Å². The molecule has 0 aliphatic carbocycles. The Morgan fingerprint density at radius 2 is 1.74 bits per heavy atom. The van der Waals surface area contributed by atoms with Crippen LogP contribution in [-0.2, 0) is 0 Å². The number of hydrogen-bond acceptors (Lipinski definition) is 4. The summed E-state index contributed by atoms with van der Waals surface area (Å²) in [5, 5.41) is 16.2. The third-order valence-corrected chi connectivity index (χ3v) is 4.17. The van der Waals surface area contributed by atoms with Crippen molar-refractivity contribution in [1.29, 1.82) is 0 Å². The molecule has 2 aromatic rings. The van der Waals surface area contributed by atoms with Gasteiger partial charge in [-0.2, -0.15) is 0 Å². The van der Waals surface area contributed by atoms with Gasteiger partial charge in [0, 0.05) is 26.1 Å². The number of aliphatic hydroxyl groups is 1. The molecule has 27 heavy (non-hydrogen) atoms. The van der Waals surface area contributed by atoms with E-state index >= 15 is 0 Å². The predicted octanol–water partition coefficient (Wildman–Crippen LogP) is 2.41. The maximum absolute atomic E-state index is 9.63. The predicted molar refractivity (Wildman–Crippen MR) is 109 cm³/mol. The fourth-order valence-electron chi connectivity index (χ4n) is 2.59. The van der Waals surface area contributed by atoms with E-state index in [-0.39, 0.29) is 12.5 Å². The monoisotopic (exact) mass is 371 g/mol. The van der Waals surface area contributed by atoms with Crippen LogP contribution in [0.3, 0.4) is 0 Å². The molecule has 0 aliphatic heterocycles. The molecule has 0 heterocycles. The summed E-state index contributed by atoms with van der Waals surface area (Å²) in [5.41, 5.74) is 1.11. The van der Waals surface area contributed by atoms with Crippen LogP contribution in [0.5, 0.6) is 11.5 Å². The van der Waals surface area contributed by atoms with Crippen molar-refractivity contribution in [3.8, 4) is 11.5 Å². The van der Waals surface area contributed by atoms with Crippen molar-refractivity contribution in [2.45, 2.75) is 12.3 Å². The number of hydrogen-bond donors (Lipinski definition) is 3. The second-order valence-corrected chi connectivity index (χ2v) is 6.05. The second-order valence-electron chi connectivity index (χ2n) is 6.05. The number of aliphatic imine (C=N–C) groups is 1. The Morgan fingerprint density at radius 3 is 2.37 bits per heavy atom. The molecule has 0 saturated carbocycles. The zero-order chi connectivity index (χ0) is 19.3. The van der Waals surface area contributed by atoms with Crippen molar-refractivity contribution >= 4 is 5.96 Å². The van der Waals surface area contributed by atoms with Crippen molar-refractivity contribution < 1.29 is 14.6 Å². The fraction of sp³-hybridized carbons (Fsp3) is 0.381. The van der Waals surface area contributed by atoms with Crippen molar-refractivity contribution in [3.05, 3.63) is 60.2 Å². The molecular formula is C21H29N3O3. The highest BCUT2D eigenvalue weighted by Gasteiger charge is 2.10. The normalized spacial score (nSPS) is 12.3. The van der Waals surface area contributed by atoms with E-state index in [1.165, 1.54) is 0 Å². The number of ether oxygens (including phenoxy) is 2. The third-order valence-electron chi connectivity index (χ3n) is 4.17. The Balaban J connectivity index is 1.66. The lowest BCUT2D eigenvalue weighted by Gasteiger charge is -2.18. The molecular weight excluding hydrogens is 342 g/mol. The molecule has 0 aromatic heterocycles. The minimum absolute atomic E-state index is 0.0307. The van der Waals surface area contributed by atoms with E-state index < -0.39 is 0 Å². The highest BCUT2D eigenvalue weighted by Crippen LogP contribution is 2.17. The lowest BCUT2D eigenvalue weighted by atomic mass is 10.0. The second kappa shape index (κ2) is 11.8. The summed E-state index contributed by atoms with van der Waals surface area (Å²) in [6.07, 6.45) is 0.842. The van der Waals surface area contributed by atoms with Gasteiger partial charge >= 0.3 is 0 Å². The van der Waals surface area contributed by atoms with Gasteiger partial charge < -0.3 is 25.2 Å². The molecule has 0 bridgehead atoms. The van der Waals surface area contributed by atoms with Crippen molar-refractivity contribution in [1.82, 2.24) is 10.6 Å². The maximum Gasteiger partial charge on any atom is 0.191 e. The van der Waals surface area contributed by atoms with Gasteiger partial charge in [-0.15, -0.1) is 0 Å². The summed E-state index contributed by atoms with van der Waals surface area (Å²) >= 11 is 0. The Labute approximate surface area is 161 Å². The minimum Gasteiger partial charge on any atom is -0.497 e. The number of nitrogens with zero attached hydrogens (tertiary/aromatic N) is 1. The van der Waals surface area contributed by atoms with Gasteiger partial charge in [-0.25, -0.2) is 0 Å². The van der Waals surface area contributed by atoms with E-state index in [9.17, 15) is 5.11 Å². The van der Waals surface area contributed by atoms with Crippen LogP contribution in [0.2, 0.25) is 0 Å². The van der Waals surface area contributed by atoms with Gasteiger partial charge in [0.15, 0.2) is 5.96 Å². The molecule has 0 radical (unpaired) electrons. The average molecular weight is 371 g/mol. The van der Waals surface area contributed by atoms with E-state index in [0.29, 0.717) is 19.1 Å². The zero-order valence-corrected chi connectivity index (χ0v) is 16.0. The Morgan fingerprint density at radius 1 is 1.04 bits per heavy atom. The number of aliphatic hydroxyl groups excluding tert-OH is 1. The van der Waals surface area contributed by atoms with Crippen LogP contribution < -0.4 is 20.1 Å². The van der Waals surface area contributed by atoms with E-state index in [2.05, 4.69) is 15.6 Å². The number of benzene rings is 2. The largest absolute Gasteiger partial charge is 0.497 e. The topological polar surface area (TPSA) is 75.1 Å². The number of nitrogens with one attached hydrogen (secondary N) is 2. The maximum atomic E-state index is 9.63. The van der Waals surface area contributed by atoms with Gasteiger partial charge in [-0.3, -0.25) is 4.99 Å². The van der Waals surface area contributed by atoms with Crippen molar-refractivity contribution in [2.24, 2.45) is 4.99 Å². The van der Waals surface area contributed by atoms with Crippen molar-refractivity contribution in [3.63, 3.8) is 0 Å². The molecule has 0 spiro atoms. The average Bonchev–Trinajstić information content (AvgIpc) is 2.73. The molecule has 146 valence electrons. The van der Waals surface area contributed by atoms with Crippen LogP contribution in [-0.4, -0.2) is 51.5 Å². The first-order valence-corrected chi connectivity index (χ1v) is 9.14. The summed E-state index contributed by atoms with van der Waals surface area (Å²) in [6, 6.07) is 17.5. The number of rotatable bonds is 10. The molecule has 6 heteroatoms. The van der Waals surface area contributed by atoms with Gasteiger partial charge in [-0.1, -0.05) is 30.3 Å². The summed E-state index contributed by atoms with van der Waals surface area (Å²) in [6.45, 7) is 2.05. The highest BCUT2D eigenvalue weighted by atomic mass is 16.5. The lowest BCUT2D eigenvalue weighted by molar-refractivity contribution is 0.265. The molecule has 6 nitrogen and oxygen atoms in total. The molecule has 2 rings (SSSR count). The first-order valence-electron chi connectivity index (χ1n) is 9.14. The minimum atomic E-state index is 0.0307. The van der Waals surface area contributed by atoms with Crippen LogP contribution in [0.15, 0.2) is 59.6 Å². The molecule has 0 aliphatic rings. The fourth-order valence-corrected chi connectivity index (χ4v) is 2.59. The van der Waals surface area contributed by atoms with Crippen LogP contribution in [0, 0.1) is 0 Å². The molecule has 2 aromatic carbocycles. The summed E-state index contributed by atoms with van der Waals surface area (Å²) in [4.78, 5) is 4.22. The summed E-state index contributed by atoms with van der Waals surface area (Å²) in [5.74, 6) is 2.39. The Hall–Kier alpha value is -2.73. The van der Waals surface area contributed by atoms with Crippen LogP contribution in [0.4, 0.5) is 0 Å². The smallest absolute Gasteiger partial charge is 0.191 e. The van der Waals surface area contributed by atoms with Crippen molar-refractivity contribution in [2.75, 3.05) is 40.5 Å². The molecule has 3 N–H and O–H groups in total. The van der Waals surface area contributed by atoms with Gasteiger partial charge in [0.2, 0.25) is 0 Å². The molecule has 0 amide bonds. The molecule has 1 atom stereocenters. The van der Waals surface area contributed by atoms with E-state index in [0.717, 1.165) is 30.0 Å². The van der Waals surface area contributed by atoms with Gasteiger partial charge in [-0.05, 0) is 36.2 Å². The molecule has 1 unspecified atom stereocenters. The highest BCUT2D eigenvalue weighted by molar-refractivity contribution is 5.79. The Kier molecular flexibility index (Phi) is 9.00. The van der Waals surface area contributed by atoms with Crippen LogP contribution in [0.25, 0.3) is 0 Å². The Bertz CT molecular complexity index is 675.